The van der Waals surface area contributed by atoms with Gasteiger partial charge in [-0.1, -0.05) is 6.92 Å². The first kappa shape index (κ1) is 16.0. The molecule has 1 unspecified atom stereocenters. The van der Waals surface area contributed by atoms with Crippen LogP contribution in [0.5, 0.6) is 5.75 Å². The summed E-state index contributed by atoms with van der Waals surface area (Å²) in [6.45, 7) is 1.83. The van der Waals surface area contributed by atoms with Crippen molar-refractivity contribution in [1.82, 2.24) is 4.90 Å². The van der Waals surface area contributed by atoms with Gasteiger partial charge in [0.05, 0.1) is 6.10 Å². The fourth-order valence-electron chi connectivity index (χ4n) is 3.72. The number of piperidine rings is 1. The molecule has 2 aliphatic heterocycles. The number of aliphatic hydroxyl groups excluding tert-OH is 1. The van der Waals surface area contributed by atoms with Crippen molar-refractivity contribution in [3.05, 3.63) is 29.8 Å². The van der Waals surface area contributed by atoms with Gasteiger partial charge in [0.1, 0.15) is 5.75 Å². The van der Waals surface area contributed by atoms with E-state index in [0.717, 1.165) is 12.8 Å². The molecule has 23 heavy (non-hydrogen) atoms. The van der Waals surface area contributed by atoms with Crippen LogP contribution in [0.3, 0.4) is 0 Å². The molecule has 1 N–H and O–H groups in total. The summed E-state index contributed by atoms with van der Waals surface area (Å²) in [4.78, 5) is 25.9. The van der Waals surface area contributed by atoms with Gasteiger partial charge in [0, 0.05) is 24.1 Å². The number of ether oxygens (including phenoxy) is 1. The topological polar surface area (TPSA) is 66.8 Å². The van der Waals surface area contributed by atoms with E-state index in [4.69, 9.17) is 4.74 Å². The van der Waals surface area contributed by atoms with Crippen molar-refractivity contribution in [1.29, 1.82) is 0 Å². The van der Waals surface area contributed by atoms with Crippen molar-refractivity contribution in [3.8, 4) is 5.75 Å². The minimum absolute atomic E-state index is 0.00413. The summed E-state index contributed by atoms with van der Waals surface area (Å²) in [7, 11) is 0. The van der Waals surface area contributed by atoms with E-state index in [1.165, 1.54) is 0 Å². The van der Waals surface area contributed by atoms with Crippen molar-refractivity contribution in [2.24, 2.45) is 0 Å². The molecule has 124 valence electrons. The molecular formula is C18H23NO4. The molecule has 3 rings (SSSR count). The van der Waals surface area contributed by atoms with Crippen molar-refractivity contribution < 1.29 is 19.4 Å². The Kier molecular flexibility index (Phi) is 4.66. The van der Waals surface area contributed by atoms with Gasteiger partial charge in [-0.25, -0.2) is 0 Å². The van der Waals surface area contributed by atoms with Gasteiger partial charge < -0.3 is 14.7 Å². The molecule has 2 aliphatic rings. The van der Waals surface area contributed by atoms with Crippen LogP contribution in [-0.2, 0) is 4.79 Å². The van der Waals surface area contributed by atoms with Crippen molar-refractivity contribution >= 4 is 11.7 Å². The fourth-order valence-corrected chi connectivity index (χ4v) is 3.72. The van der Waals surface area contributed by atoms with Gasteiger partial charge in [0.2, 0.25) is 0 Å². The molecule has 0 saturated carbocycles. The second kappa shape index (κ2) is 6.71. The van der Waals surface area contributed by atoms with Crippen LogP contribution in [0.4, 0.5) is 0 Å². The number of hydrogen-bond donors (Lipinski definition) is 1. The van der Waals surface area contributed by atoms with Crippen LogP contribution in [0.1, 0.15) is 49.4 Å². The second-order valence-corrected chi connectivity index (χ2v) is 6.40. The van der Waals surface area contributed by atoms with E-state index in [9.17, 15) is 14.7 Å². The number of aliphatic hydroxyl groups is 1. The van der Waals surface area contributed by atoms with Gasteiger partial charge in [-0.2, -0.15) is 0 Å². The molecule has 1 aromatic carbocycles. The first-order chi connectivity index (χ1) is 11.1. The third-order valence-corrected chi connectivity index (χ3v) is 4.86. The van der Waals surface area contributed by atoms with E-state index in [1.54, 1.807) is 24.3 Å². The molecule has 0 aliphatic carbocycles. The molecule has 1 aromatic rings. The Hall–Kier alpha value is -1.88. The normalized spacial score (nSPS) is 26.2. The lowest BCUT2D eigenvalue weighted by Crippen LogP contribution is -2.49. The smallest absolute Gasteiger partial charge is 0.261 e. The monoisotopic (exact) mass is 317 g/mol. The highest BCUT2D eigenvalue weighted by Gasteiger charge is 2.42. The number of Topliss-reactive ketones (excluding diaryl/α,β-unsaturated/α-hetero) is 1. The van der Waals surface area contributed by atoms with Gasteiger partial charge in [-0.05, 0) is 49.9 Å². The molecule has 2 bridgehead atoms. The number of ketones is 1. The lowest BCUT2D eigenvalue weighted by Gasteiger charge is -2.37. The first-order valence-electron chi connectivity index (χ1n) is 8.33. The Morgan fingerprint density at radius 2 is 1.78 bits per heavy atom. The number of hydrogen-bond acceptors (Lipinski definition) is 4. The lowest BCUT2D eigenvalue weighted by atomic mass is 10.00. The van der Waals surface area contributed by atoms with Crippen LogP contribution in [0, 0.1) is 0 Å². The number of rotatable bonds is 5. The van der Waals surface area contributed by atoms with Crippen LogP contribution < -0.4 is 4.74 Å². The maximum absolute atomic E-state index is 12.4. The summed E-state index contributed by atoms with van der Waals surface area (Å²) in [5, 5.41) is 9.79. The number of carbonyl (C=O) groups excluding carboxylic acids is 2. The average Bonchev–Trinajstić information content (AvgIpc) is 2.84. The Balaban J connectivity index is 1.56. The average molecular weight is 317 g/mol. The van der Waals surface area contributed by atoms with E-state index in [1.807, 2.05) is 11.8 Å². The van der Waals surface area contributed by atoms with Crippen molar-refractivity contribution in [2.45, 2.75) is 57.2 Å². The molecule has 5 nitrogen and oxygen atoms in total. The Morgan fingerprint density at radius 3 is 2.35 bits per heavy atom. The molecule has 0 spiro atoms. The van der Waals surface area contributed by atoms with Crippen molar-refractivity contribution in [3.63, 3.8) is 0 Å². The van der Waals surface area contributed by atoms with E-state index >= 15 is 0 Å². The van der Waals surface area contributed by atoms with Crippen LogP contribution in [0.25, 0.3) is 0 Å². The molecule has 2 heterocycles. The number of nitrogens with zero attached hydrogens (tertiary/aromatic N) is 1. The maximum Gasteiger partial charge on any atom is 0.261 e. The number of amides is 1. The van der Waals surface area contributed by atoms with E-state index < -0.39 is 0 Å². The molecule has 5 heteroatoms. The first-order valence-corrected chi connectivity index (χ1v) is 8.33. The Morgan fingerprint density at radius 1 is 1.17 bits per heavy atom. The quantitative estimate of drug-likeness (QED) is 0.845. The molecule has 0 aromatic heterocycles. The Labute approximate surface area is 136 Å². The van der Waals surface area contributed by atoms with Gasteiger partial charge in [-0.15, -0.1) is 0 Å². The second-order valence-electron chi connectivity index (χ2n) is 6.40. The number of carbonyl (C=O) groups is 2. The third kappa shape index (κ3) is 3.39. The summed E-state index contributed by atoms with van der Waals surface area (Å²) in [6, 6.07) is 7.23. The van der Waals surface area contributed by atoms with Crippen LogP contribution in [0.15, 0.2) is 24.3 Å². The summed E-state index contributed by atoms with van der Waals surface area (Å²) < 4.78 is 5.58. The van der Waals surface area contributed by atoms with Crippen LogP contribution in [-0.4, -0.2) is 46.5 Å². The largest absolute Gasteiger partial charge is 0.484 e. The summed E-state index contributed by atoms with van der Waals surface area (Å²) >= 11 is 0. The highest BCUT2D eigenvalue weighted by molar-refractivity contribution is 5.95. The SMILES string of the molecule is CCC(=O)c1ccc(OCC(=O)N2[C@@H]3CC[C@H]2CC(O)C3)cc1. The Bertz CT molecular complexity index is 569. The zero-order chi connectivity index (χ0) is 16.4. The molecule has 1 amide bonds. The van der Waals surface area contributed by atoms with E-state index in [0.29, 0.717) is 30.6 Å². The maximum atomic E-state index is 12.4. The standard InChI is InChI=1S/C18H23NO4/c1-2-17(21)12-3-7-16(8-4-12)23-11-18(22)19-13-5-6-14(19)10-15(20)9-13/h3-4,7-8,13-15,20H,2,5-6,9-11H2,1H3/t13-,14+,15?. The van der Waals surface area contributed by atoms with Gasteiger partial charge in [0.25, 0.3) is 5.91 Å². The summed E-state index contributed by atoms with van der Waals surface area (Å²) in [6.07, 6.45) is 3.50. The van der Waals surface area contributed by atoms with E-state index in [2.05, 4.69) is 0 Å². The number of fused-ring (bicyclic) bond motifs is 2. The molecule has 3 atom stereocenters. The highest BCUT2D eigenvalue weighted by Crippen LogP contribution is 2.35. The summed E-state index contributed by atoms with van der Waals surface area (Å²) in [5.74, 6) is 0.671. The minimum atomic E-state index is -0.277. The molecule has 2 saturated heterocycles. The van der Waals surface area contributed by atoms with Gasteiger partial charge in [-0.3, -0.25) is 9.59 Å². The van der Waals surface area contributed by atoms with Gasteiger partial charge in [0.15, 0.2) is 12.4 Å². The fraction of sp³-hybridized carbons (Fsp3) is 0.556. The summed E-state index contributed by atoms with van der Waals surface area (Å²) in [5.41, 5.74) is 0.661. The highest BCUT2D eigenvalue weighted by atomic mass is 16.5. The molecule has 2 fully saturated rings. The number of benzene rings is 1. The van der Waals surface area contributed by atoms with Crippen molar-refractivity contribution in [2.75, 3.05) is 6.61 Å². The van der Waals surface area contributed by atoms with E-state index in [-0.39, 0.29) is 36.5 Å². The van der Waals surface area contributed by atoms with Gasteiger partial charge >= 0.3 is 0 Å². The molecular weight excluding hydrogens is 294 g/mol. The zero-order valence-corrected chi connectivity index (χ0v) is 13.4. The predicted molar refractivity (Wildman–Crippen MR) is 85.5 cm³/mol. The minimum Gasteiger partial charge on any atom is -0.484 e. The van der Waals surface area contributed by atoms with Crippen LogP contribution in [0.2, 0.25) is 0 Å². The zero-order valence-electron chi connectivity index (χ0n) is 13.4. The lowest BCUT2D eigenvalue weighted by molar-refractivity contribution is -0.139. The predicted octanol–water partition coefficient (Wildman–Crippen LogP) is 2.17. The third-order valence-electron chi connectivity index (χ3n) is 4.86. The van der Waals surface area contributed by atoms with Crippen LogP contribution >= 0.6 is 0 Å². The molecule has 0 radical (unpaired) electrons.